The van der Waals surface area contributed by atoms with Crippen molar-refractivity contribution in [1.29, 1.82) is 0 Å². The third-order valence-corrected chi connectivity index (χ3v) is 2.49. The van der Waals surface area contributed by atoms with Crippen LogP contribution < -0.4 is 5.48 Å². The zero-order valence-electron chi connectivity index (χ0n) is 8.01. The molecule has 0 aromatic carbocycles. The highest BCUT2D eigenvalue weighted by atomic mass is 16.5. The molecule has 0 saturated heterocycles. The Kier molecular flexibility index (Phi) is 2.42. The lowest BCUT2D eigenvalue weighted by Gasteiger charge is -2.24. The lowest BCUT2D eigenvalue weighted by atomic mass is 10.3. The van der Waals surface area contributed by atoms with E-state index in [1.807, 2.05) is 4.57 Å². The number of carbonyl (C=O) groups excluding carboxylic acids is 2. The Morgan fingerprint density at radius 3 is 3.00 bits per heavy atom. The van der Waals surface area contributed by atoms with Crippen molar-refractivity contribution in [3.8, 4) is 0 Å². The van der Waals surface area contributed by atoms with Crippen LogP contribution in [0.3, 0.4) is 0 Å². The molecule has 1 aliphatic rings. The maximum Gasteiger partial charge on any atom is 0.276 e. The quantitative estimate of drug-likeness (QED) is 0.394. The summed E-state index contributed by atoms with van der Waals surface area (Å²) in [7, 11) is 0. The first-order valence-electron chi connectivity index (χ1n) is 4.57. The highest BCUT2D eigenvalue weighted by molar-refractivity contribution is 5.93. The smallest absolute Gasteiger partial charge is 0.276 e. The summed E-state index contributed by atoms with van der Waals surface area (Å²) in [6, 6.07) is 1.67. The van der Waals surface area contributed by atoms with E-state index in [0.29, 0.717) is 25.2 Å². The summed E-state index contributed by atoms with van der Waals surface area (Å²) in [4.78, 5) is 23.3. The average molecular weight is 209 g/mol. The van der Waals surface area contributed by atoms with Gasteiger partial charge >= 0.3 is 0 Å². The highest BCUT2D eigenvalue weighted by Crippen LogP contribution is 2.15. The van der Waals surface area contributed by atoms with Crippen LogP contribution in [0.5, 0.6) is 0 Å². The van der Waals surface area contributed by atoms with Gasteiger partial charge in [0, 0.05) is 25.0 Å². The predicted molar refractivity (Wildman–Crippen MR) is 50.2 cm³/mol. The van der Waals surface area contributed by atoms with E-state index in [-0.39, 0.29) is 0 Å². The fourth-order valence-corrected chi connectivity index (χ4v) is 1.70. The van der Waals surface area contributed by atoms with Crippen molar-refractivity contribution in [2.45, 2.75) is 13.1 Å². The second-order valence-electron chi connectivity index (χ2n) is 3.43. The van der Waals surface area contributed by atoms with Gasteiger partial charge in [0.1, 0.15) is 0 Å². The maximum atomic E-state index is 11.1. The number of nitrogens with zero attached hydrogens (tertiary/aromatic N) is 2. The van der Waals surface area contributed by atoms with Crippen LogP contribution in [0.25, 0.3) is 0 Å². The summed E-state index contributed by atoms with van der Waals surface area (Å²) in [6.45, 7) is 1.82. The third kappa shape index (κ3) is 1.71. The van der Waals surface area contributed by atoms with Crippen LogP contribution in [0.2, 0.25) is 0 Å². The Labute approximate surface area is 86.1 Å². The van der Waals surface area contributed by atoms with Crippen molar-refractivity contribution in [3.63, 3.8) is 0 Å². The molecule has 1 aliphatic heterocycles. The van der Waals surface area contributed by atoms with Gasteiger partial charge in [0.25, 0.3) is 5.91 Å². The minimum Gasteiger partial charge on any atom is -0.347 e. The molecule has 2 rings (SSSR count). The van der Waals surface area contributed by atoms with Gasteiger partial charge in [0.15, 0.2) is 0 Å². The summed E-state index contributed by atoms with van der Waals surface area (Å²) in [5, 5.41) is 8.47. The van der Waals surface area contributed by atoms with Crippen LogP contribution in [0.1, 0.15) is 16.1 Å². The van der Waals surface area contributed by atoms with Gasteiger partial charge in [-0.15, -0.1) is 0 Å². The van der Waals surface area contributed by atoms with Crippen LogP contribution in [-0.4, -0.2) is 33.5 Å². The molecule has 0 spiro atoms. The normalized spacial score (nSPS) is 14.6. The highest BCUT2D eigenvalue weighted by Gasteiger charge is 2.17. The molecule has 2 amide bonds. The topological polar surface area (TPSA) is 74.6 Å². The fourth-order valence-electron chi connectivity index (χ4n) is 1.70. The molecule has 0 aliphatic carbocycles. The Balaban J connectivity index is 2.25. The number of hydrogen-bond donors (Lipinski definition) is 2. The van der Waals surface area contributed by atoms with Gasteiger partial charge in [0.05, 0.1) is 12.1 Å². The molecule has 2 N–H and O–H groups in total. The van der Waals surface area contributed by atoms with Crippen molar-refractivity contribution in [1.82, 2.24) is 14.9 Å². The number of amides is 2. The van der Waals surface area contributed by atoms with E-state index >= 15 is 0 Å². The summed E-state index contributed by atoms with van der Waals surface area (Å²) < 4.78 is 1.91. The summed E-state index contributed by atoms with van der Waals surface area (Å²) in [6.07, 6.45) is 2.46. The van der Waals surface area contributed by atoms with Crippen LogP contribution in [0, 0.1) is 0 Å². The van der Waals surface area contributed by atoms with Gasteiger partial charge in [-0.05, 0) is 6.07 Å². The summed E-state index contributed by atoms with van der Waals surface area (Å²) in [5.74, 6) is -0.533. The number of rotatable bonds is 2. The number of fused-ring (bicyclic) bond motifs is 1. The molecule has 15 heavy (non-hydrogen) atoms. The average Bonchev–Trinajstić information content (AvgIpc) is 2.70. The zero-order valence-corrected chi connectivity index (χ0v) is 8.01. The SMILES string of the molecule is O=CN1CCn2cc(C(=O)NO)cc2C1. The molecule has 0 fully saturated rings. The van der Waals surface area contributed by atoms with Crippen LogP contribution in [0.4, 0.5) is 0 Å². The third-order valence-electron chi connectivity index (χ3n) is 2.49. The van der Waals surface area contributed by atoms with Crippen LogP contribution in [-0.2, 0) is 17.9 Å². The van der Waals surface area contributed by atoms with Crippen molar-refractivity contribution in [2.75, 3.05) is 6.54 Å². The Bertz CT molecular complexity index is 399. The fraction of sp³-hybridized carbons (Fsp3) is 0.333. The molecule has 0 saturated carbocycles. The van der Waals surface area contributed by atoms with Gasteiger partial charge in [-0.3, -0.25) is 14.8 Å². The molecule has 1 aromatic heterocycles. The van der Waals surface area contributed by atoms with Gasteiger partial charge in [-0.2, -0.15) is 0 Å². The molecular formula is C9H11N3O3. The van der Waals surface area contributed by atoms with Gasteiger partial charge in [-0.1, -0.05) is 0 Å². The number of aromatic nitrogens is 1. The first-order chi connectivity index (χ1) is 7.24. The van der Waals surface area contributed by atoms with E-state index in [0.717, 1.165) is 12.1 Å². The Morgan fingerprint density at radius 2 is 2.33 bits per heavy atom. The standard InChI is InChI=1S/C9H11N3O3/c13-6-11-1-2-12-4-7(9(14)10-15)3-8(12)5-11/h3-4,6,15H,1-2,5H2,(H,10,14). The number of hydrogen-bond acceptors (Lipinski definition) is 3. The largest absolute Gasteiger partial charge is 0.347 e. The Morgan fingerprint density at radius 1 is 1.53 bits per heavy atom. The predicted octanol–water partition coefficient (Wildman–Crippen LogP) is -0.421. The summed E-state index contributed by atoms with van der Waals surface area (Å²) in [5.41, 5.74) is 2.88. The first kappa shape index (κ1) is 9.72. The molecule has 6 heteroatoms. The van der Waals surface area contributed by atoms with Gasteiger partial charge in [-0.25, -0.2) is 5.48 Å². The molecule has 0 unspecified atom stereocenters. The Hall–Kier alpha value is -1.82. The van der Waals surface area contributed by atoms with E-state index in [9.17, 15) is 9.59 Å². The van der Waals surface area contributed by atoms with Gasteiger partial charge < -0.3 is 9.47 Å². The molecule has 0 radical (unpaired) electrons. The second-order valence-corrected chi connectivity index (χ2v) is 3.43. The van der Waals surface area contributed by atoms with Crippen LogP contribution >= 0.6 is 0 Å². The number of hydroxylamine groups is 1. The molecule has 2 heterocycles. The number of nitrogens with one attached hydrogen (secondary N) is 1. The van der Waals surface area contributed by atoms with E-state index < -0.39 is 5.91 Å². The van der Waals surface area contributed by atoms with Crippen molar-refractivity contribution in [2.24, 2.45) is 0 Å². The minimum absolute atomic E-state index is 0.403. The van der Waals surface area contributed by atoms with Crippen molar-refractivity contribution < 1.29 is 14.8 Å². The molecule has 0 atom stereocenters. The minimum atomic E-state index is -0.533. The maximum absolute atomic E-state index is 11.1. The second kappa shape index (κ2) is 3.74. The lowest BCUT2D eigenvalue weighted by molar-refractivity contribution is -0.119. The molecule has 1 aromatic rings. The van der Waals surface area contributed by atoms with Crippen molar-refractivity contribution >= 4 is 12.3 Å². The van der Waals surface area contributed by atoms with E-state index in [1.54, 1.807) is 22.6 Å². The molecule has 6 nitrogen and oxygen atoms in total. The monoisotopic (exact) mass is 209 g/mol. The van der Waals surface area contributed by atoms with E-state index in [1.165, 1.54) is 0 Å². The van der Waals surface area contributed by atoms with Crippen LogP contribution in [0.15, 0.2) is 12.3 Å². The number of carbonyl (C=O) groups is 2. The van der Waals surface area contributed by atoms with Crippen molar-refractivity contribution in [3.05, 3.63) is 23.5 Å². The molecular weight excluding hydrogens is 198 g/mol. The summed E-state index contributed by atoms with van der Waals surface area (Å²) >= 11 is 0. The molecule has 0 bridgehead atoms. The lowest BCUT2D eigenvalue weighted by Crippen LogP contribution is -2.31. The molecule has 80 valence electrons. The van der Waals surface area contributed by atoms with E-state index in [2.05, 4.69) is 0 Å². The van der Waals surface area contributed by atoms with Gasteiger partial charge in [0.2, 0.25) is 6.41 Å². The van der Waals surface area contributed by atoms with E-state index in [4.69, 9.17) is 5.21 Å². The first-order valence-corrected chi connectivity index (χ1v) is 4.57. The zero-order chi connectivity index (χ0) is 10.8.